The number of hydrogen-bond donors (Lipinski definition) is 1. The molecule has 104 valence electrons. The second kappa shape index (κ2) is 4.68. The van der Waals surface area contributed by atoms with E-state index in [-0.39, 0.29) is 0 Å². The molecule has 0 amide bonds. The van der Waals surface area contributed by atoms with E-state index in [9.17, 15) is 0 Å². The van der Waals surface area contributed by atoms with Gasteiger partial charge in [-0.3, -0.25) is 0 Å². The fourth-order valence-electron chi connectivity index (χ4n) is 2.22. The number of halogens is 1. The van der Waals surface area contributed by atoms with Gasteiger partial charge in [-0.15, -0.1) is 16.4 Å². The van der Waals surface area contributed by atoms with Crippen LogP contribution < -0.4 is 0 Å². The van der Waals surface area contributed by atoms with Crippen molar-refractivity contribution in [3.63, 3.8) is 0 Å². The van der Waals surface area contributed by atoms with E-state index in [1.165, 1.54) is 11.3 Å². The molecule has 0 saturated heterocycles. The molecule has 7 heteroatoms. The van der Waals surface area contributed by atoms with Gasteiger partial charge in [0.2, 0.25) is 0 Å². The van der Waals surface area contributed by atoms with Crippen molar-refractivity contribution in [1.29, 1.82) is 0 Å². The normalized spacial score (nSPS) is 11.3. The van der Waals surface area contributed by atoms with Crippen LogP contribution in [-0.4, -0.2) is 25.0 Å². The number of aromatic amines is 1. The Morgan fingerprint density at radius 2 is 2.14 bits per heavy atom. The predicted molar refractivity (Wildman–Crippen MR) is 84.1 cm³/mol. The zero-order valence-electron chi connectivity index (χ0n) is 11.0. The summed E-state index contributed by atoms with van der Waals surface area (Å²) in [5, 5.41) is 8.38. The Kier molecular flexibility index (Phi) is 2.80. The van der Waals surface area contributed by atoms with E-state index in [0.29, 0.717) is 0 Å². The second-order valence-corrected chi connectivity index (χ2v) is 6.39. The smallest absolute Gasteiger partial charge is 0.123 e. The average molecular weight is 316 g/mol. The Morgan fingerprint density at radius 3 is 2.95 bits per heavy atom. The second-order valence-electron chi connectivity index (χ2n) is 4.68. The van der Waals surface area contributed by atoms with E-state index in [2.05, 4.69) is 20.3 Å². The minimum absolute atomic E-state index is 0.744. The first-order valence-electron chi connectivity index (χ1n) is 6.34. The monoisotopic (exact) mass is 315 g/mol. The van der Waals surface area contributed by atoms with Gasteiger partial charge >= 0.3 is 0 Å². The molecule has 4 aromatic rings. The van der Waals surface area contributed by atoms with Gasteiger partial charge in [0.1, 0.15) is 11.5 Å². The SMILES string of the molecule is Cc1nc2ccc(-n3cc(-c4ccc(Cl)s4)nn3)cc2[nH]1. The number of fused-ring (bicyclic) bond motifs is 1. The highest BCUT2D eigenvalue weighted by Gasteiger charge is 2.09. The lowest BCUT2D eigenvalue weighted by atomic mass is 10.3. The van der Waals surface area contributed by atoms with Crippen LogP contribution in [0.5, 0.6) is 0 Å². The van der Waals surface area contributed by atoms with E-state index in [0.717, 1.165) is 37.5 Å². The third kappa shape index (κ3) is 2.22. The van der Waals surface area contributed by atoms with Crippen molar-refractivity contribution in [2.45, 2.75) is 6.92 Å². The minimum Gasteiger partial charge on any atom is -0.342 e. The molecule has 21 heavy (non-hydrogen) atoms. The van der Waals surface area contributed by atoms with Gasteiger partial charge in [-0.2, -0.15) is 0 Å². The highest BCUT2D eigenvalue weighted by molar-refractivity contribution is 7.19. The fourth-order valence-corrected chi connectivity index (χ4v) is 3.22. The van der Waals surface area contributed by atoms with Crippen LogP contribution in [0.4, 0.5) is 0 Å². The van der Waals surface area contributed by atoms with Crippen LogP contribution in [0, 0.1) is 6.92 Å². The van der Waals surface area contributed by atoms with Gasteiger partial charge in [-0.25, -0.2) is 9.67 Å². The molecule has 0 aliphatic heterocycles. The van der Waals surface area contributed by atoms with Crippen LogP contribution in [0.15, 0.2) is 36.5 Å². The van der Waals surface area contributed by atoms with Gasteiger partial charge in [0, 0.05) is 0 Å². The first kappa shape index (κ1) is 12.6. The van der Waals surface area contributed by atoms with Crippen LogP contribution in [0.1, 0.15) is 5.82 Å². The first-order chi connectivity index (χ1) is 10.2. The summed E-state index contributed by atoms with van der Waals surface area (Å²) in [6.07, 6.45) is 1.90. The van der Waals surface area contributed by atoms with Crippen molar-refractivity contribution in [3.8, 4) is 16.3 Å². The molecule has 0 bridgehead atoms. The number of nitrogens with zero attached hydrogens (tertiary/aromatic N) is 4. The molecule has 5 nitrogen and oxygen atoms in total. The molecule has 0 saturated carbocycles. The molecule has 0 spiro atoms. The number of rotatable bonds is 2. The number of benzene rings is 1. The summed E-state index contributed by atoms with van der Waals surface area (Å²) in [5.41, 5.74) is 3.68. The van der Waals surface area contributed by atoms with Gasteiger partial charge in [0.05, 0.1) is 32.1 Å². The van der Waals surface area contributed by atoms with Crippen molar-refractivity contribution >= 4 is 34.0 Å². The van der Waals surface area contributed by atoms with Gasteiger partial charge in [0.25, 0.3) is 0 Å². The molecule has 0 unspecified atom stereocenters. The quantitative estimate of drug-likeness (QED) is 0.611. The number of thiophene rings is 1. The highest BCUT2D eigenvalue weighted by Crippen LogP contribution is 2.29. The molecule has 1 aromatic carbocycles. The molecule has 3 heterocycles. The van der Waals surface area contributed by atoms with Crippen molar-refractivity contribution < 1.29 is 0 Å². The molecule has 0 atom stereocenters. The van der Waals surface area contributed by atoms with Gasteiger partial charge in [-0.05, 0) is 37.3 Å². The summed E-state index contributed by atoms with van der Waals surface area (Å²) in [7, 11) is 0. The van der Waals surface area contributed by atoms with Crippen molar-refractivity contribution in [3.05, 3.63) is 46.7 Å². The molecule has 0 aliphatic carbocycles. The number of hydrogen-bond acceptors (Lipinski definition) is 4. The lowest BCUT2D eigenvalue weighted by Gasteiger charge is -1.98. The number of nitrogens with one attached hydrogen (secondary N) is 1. The van der Waals surface area contributed by atoms with Crippen molar-refractivity contribution in [2.24, 2.45) is 0 Å². The number of H-pyrrole nitrogens is 1. The van der Waals surface area contributed by atoms with Crippen LogP contribution in [0.25, 0.3) is 27.3 Å². The molecule has 1 N–H and O–H groups in total. The zero-order chi connectivity index (χ0) is 14.4. The lowest BCUT2D eigenvalue weighted by molar-refractivity contribution is 0.805. The van der Waals surface area contributed by atoms with E-state index < -0.39 is 0 Å². The summed E-state index contributed by atoms with van der Waals surface area (Å²) in [5.74, 6) is 0.898. The lowest BCUT2D eigenvalue weighted by Crippen LogP contribution is -1.94. The Balaban J connectivity index is 1.76. The zero-order valence-corrected chi connectivity index (χ0v) is 12.6. The van der Waals surface area contributed by atoms with Gasteiger partial charge in [0.15, 0.2) is 0 Å². The average Bonchev–Trinajstić information content (AvgIpc) is 3.15. The standard InChI is InChI=1S/C14H10ClN5S/c1-8-16-10-3-2-9(6-11(10)17-8)20-7-12(18-19-20)13-4-5-14(15)21-13/h2-7H,1H3,(H,16,17). The van der Waals surface area contributed by atoms with Crippen LogP contribution in [0.3, 0.4) is 0 Å². The maximum absolute atomic E-state index is 5.95. The number of imidazole rings is 1. The molecular formula is C14H10ClN5S. The molecule has 0 fully saturated rings. The highest BCUT2D eigenvalue weighted by atomic mass is 35.5. The molecule has 4 rings (SSSR count). The summed E-state index contributed by atoms with van der Waals surface area (Å²) in [4.78, 5) is 8.62. The van der Waals surface area contributed by atoms with E-state index in [1.54, 1.807) is 4.68 Å². The summed E-state index contributed by atoms with van der Waals surface area (Å²) in [6.45, 7) is 1.94. The molecular weight excluding hydrogens is 306 g/mol. The minimum atomic E-state index is 0.744. The number of aromatic nitrogens is 5. The van der Waals surface area contributed by atoms with E-state index >= 15 is 0 Å². The van der Waals surface area contributed by atoms with Crippen LogP contribution in [0.2, 0.25) is 4.34 Å². The topological polar surface area (TPSA) is 59.4 Å². The van der Waals surface area contributed by atoms with Crippen LogP contribution in [-0.2, 0) is 0 Å². The summed E-state index contributed by atoms with van der Waals surface area (Å²) in [6, 6.07) is 9.76. The first-order valence-corrected chi connectivity index (χ1v) is 7.53. The Morgan fingerprint density at radius 1 is 1.24 bits per heavy atom. The van der Waals surface area contributed by atoms with Crippen molar-refractivity contribution in [1.82, 2.24) is 25.0 Å². The fraction of sp³-hybridized carbons (Fsp3) is 0.0714. The Bertz CT molecular complexity index is 936. The summed E-state index contributed by atoms with van der Waals surface area (Å²) < 4.78 is 2.49. The summed E-state index contributed by atoms with van der Waals surface area (Å²) >= 11 is 7.44. The third-order valence-corrected chi connectivity index (χ3v) is 4.42. The molecule has 0 aliphatic rings. The van der Waals surface area contributed by atoms with Gasteiger partial charge < -0.3 is 4.98 Å². The maximum Gasteiger partial charge on any atom is 0.123 e. The predicted octanol–water partition coefficient (Wildman–Crippen LogP) is 3.83. The molecule has 0 radical (unpaired) electrons. The third-order valence-electron chi connectivity index (χ3n) is 3.17. The van der Waals surface area contributed by atoms with Crippen molar-refractivity contribution in [2.75, 3.05) is 0 Å². The van der Waals surface area contributed by atoms with Gasteiger partial charge in [-0.1, -0.05) is 16.8 Å². The largest absolute Gasteiger partial charge is 0.342 e. The number of aryl methyl sites for hydroxylation is 1. The Hall–Kier alpha value is -2.18. The maximum atomic E-state index is 5.95. The Labute approximate surface area is 129 Å². The van der Waals surface area contributed by atoms with E-state index in [1.807, 2.05) is 43.5 Å². The van der Waals surface area contributed by atoms with E-state index in [4.69, 9.17) is 11.6 Å². The van der Waals surface area contributed by atoms with Crippen LogP contribution >= 0.6 is 22.9 Å². The molecule has 3 aromatic heterocycles.